The molecule has 0 aliphatic heterocycles. The maximum atomic E-state index is 5.49. The van der Waals surface area contributed by atoms with Gasteiger partial charge in [0.05, 0.1) is 25.0 Å². The molecule has 0 bridgehead atoms. The van der Waals surface area contributed by atoms with Crippen LogP contribution in [0.25, 0.3) is 0 Å². The zero-order valence-corrected chi connectivity index (χ0v) is 13.5. The van der Waals surface area contributed by atoms with Gasteiger partial charge in [-0.05, 0) is 25.3 Å². The molecule has 20 heavy (non-hydrogen) atoms. The lowest BCUT2D eigenvalue weighted by molar-refractivity contribution is 0.148. The van der Waals surface area contributed by atoms with Gasteiger partial charge in [0.15, 0.2) is 5.75 Å². The first-order chi connectivity index (χ1) is 9.67. The minimum Gasteiger partial charge on any atom is -0.493 e. The summed E-state index contributed by atoms with van der Waals surface area (Å²) >= 11 is 0. The smallest absolute Gasteiger partial charge is 0.161 e. The van der Waals surface area contributed by atoms with E-state index in [1.807, 2.05) is 6.20 Å². The Kier molecular flexibility index (Phi) is 7.62. The molecule has 0 amide bonds. The lowest BCUT2D eigenvalue weighted by Gasteiger charge is -2.23. The van der Waals surface area contributed by atoms with Gasteiger partial charge in [-0.1, -0.05) is 20.8 Å². The van der Waals surface area contributed by atoms with Gasteiger partial charge in [-0.3, -0.25) is 4.68 Å². The van der Waals surface area contributed by atoms with Gasteiger partial charge < -0.3 is 14.8 Å². The van der Waals surface area contributed by atoms with Crippen LogP contribution in [0.3, 0.4) is 0 Å². The van der Waals surface area contributed by atoms with E-state index in [2.05, 4.69) is 35.9 Å². The third-order valence-corrected chi connectivity index (χ3v) is 3.37. The Labute approximate surface area is 122 Å². The minimum atomic E-state index is 0.245. The van der Waals surface area contributed by atoms with Crippen LogP contribution in [0.1, 0.15) is 45.3 Å². The van der Waals surface area contributed by atoms with E-state index in [0.29, 0.717) is 5.92 Å². The summed E-state index contributed by atoms with van der Waals surface area (Å²) in [5.74, 6) is 1.35. The van der Waals surface area contributed by atoms with Crippen molar-refractivity contribution in [1.82, 2.24) is 15.1 Å². The fourth-order valence-electron chi connectivity index (χ4n) is 2.57. The van der Waals surface area contributed by atoms with Crippen LogP contribution in [0.4, 0.5) is 0 Å². The molecule has 0 radical (unpaired) electrons. The quantitative estimate of drug-likeness (QED) is 0.717. The molecule has 1 aromatic heterocycles. The number of nitrogens with zero attached hydrogens (tertiary/aromatic N) is 2. The Balaban J connectivity index is 2.96. The van der Waals surface area contributed by atoms with Crippen molar-refractivity contribution in [2.45, 2.75) is 46.2 Å². The van der Waals surface area contributed by atoms with Gasteiger partial charge in [-0.2, -0.15) is 5.10 Å². The van der Waals surface area contributed by atoms with E-state index in [9.17, 15) is 0 Å². The molecule has 1 N–H and O–H groups in total. The predicted octanol–water partition coefficient (Wildman–Crippen LogP) is 2.62. The SMILES string of the molecule is CCCn1ncc(OC)c1C(CC(C)COC)NCC. The van der Waals surface area contributed by atoms with Crippen molar-refractivity contribution in [3.05, 3.63) is 11.9 Å². The van der Waals surface area contributed by atoms with Crippen molar-refractivity contribution in [2.75, 3.05) is 27.4 Å². The van der Waals surface area contributed by atoms with E-state index in [0.717, 1.165) is 44.0 Å². The molecule has 5 heteroatoms. The molecule has 2 atom stereocenters. The Bertz CT molecular complexity index is 379. The zero-order chi connectivity index (χ0) is 15.0. The predicted molar refractivity (Wildman–Crippen MR) is 81.1 cm³/mol. The second-order valence-corrected chi connectivity index (χ2v) is 5.23. The monoisotopic (exact) mass is 283 g/mol. The average molecular weight is 283 g/mol. The lowest BCUT2D eigenvalue weighted by atomic mass is 9.99. The Morgan fingerprint density at radius 2 is 2.10 bits per heavy atom. The fourth-order valence-corrected chi connectivity index (χ4v) is 2.57. The molecule has 0 spiro atoms. The molecule has 1 aromatic rings. The first-order valence-electron chi connectivity index (χ1n) is 7.49. The van der Waals surface area contributed by atoms with Crippen molar-refractivity contribution >= 4 is 0 Å². The van der Waals surface area contributed by atoms with Crippen molar-refractivity contribution in [2.24, 2.45) is 5.92 Å². The third kappa shape index (κ3) is 4.49. The highest BCUT2D eigenvalue weighted by Gasteiger charge is 2.23. The molecule has 0 saturated carbocycles. The summed E-state index contributed by atoms with van der Waals surface area (Å²) in [6.45, 7) is 9.10. The zero-order valence-electron chi connectivity index (χ0n) is 13.5. The van der Waals surface area contributed by atoms with E-state index in [1.54, 1.807) is 14.2 Å². The molecule has 2 unspecified atom stereocenters. The van der Waals surface area contributed by atoms with Gasteiger partial charge in [-0.25, -0.2) is 0 Å². The highest BCUT2D eigenvalue weighted by molar-refractivity contribution is 5.28. The van der Waals surface area contributed by atoms with Crippen LogP contribution in [0.5, 0.6) is 5.75 Å². The van der Waals surface area contributed by atoms with Gasteiger partial charge in [-0.15, -0.1) is 0 Å². The lowest BCUT2D eigenvalue weighted by Crippen LogP contribution is -2.27. The molecule has 0 aliphatic carbocycles. The molecule has 1 rings (SSSR count). The van der Waals surface area contributed by atoms with E-state index < -0.39 is 0 Å². The second kappa shape index (κ2) is 8.97. The molecular weight excluding hydrogens is 254 g/mol. The first-order valence-corrected chi connectivity index (χ1v) is 7.49. The summed E-state index contributed by atoms with van der Waals surface area (Å²) in [6, 6.07) is 0.245. The third-order valence-electron chi connectivity index (χ3n) is 3.37. The first kappa shape index (κ1) is 17.0. The topological polar surface area (TPSA) is 48.3 Å². The number of nitrogens with one attached hydrogen (secondary N) is 1. The summed E-state index contributed by atoms with van der Waals surface area (Å²) < 4.78 is 12.8. The van der Waals surface area contributed by atoms with Crippen molar-refractivity contribution < 1.29 is 9.47 Å². The average Bonchev–Trinajstić information content (AvgIpc) is 2.82. The van der Waals surface area contributed by atoms with E-state index in [-0.39, 0.29) is 6.04 Å². The maximum Gasteiger partial charge on any atom is 0.161 e. The van der Waals surface area contributed by atoms with Crippen molar-refractivity contribution in [3.8, 4) is 5.75 Å². The summed E-state index contributed by atoms with van der Waals surface area (Å²) in [7, 11) is 3.46. The Morgan fingerprint density at radius 3 is 2.65 bits per heavy atom. The highest BCUT2D eigenvalue weighted by atomic mass is 16.5. The van der Waals surface area contributed by atoms with Gasteiger partial charge in [0.25, 0.3) is 0 Å². The van der Waals surface area contributed by atoms with Crippen LogP contribution in [0.2, 0.25) is 0 Å². The molecule has 5 nitrogen and oxygen atoms in total. The van der Waals surface area contributed by atoms with Gasteiger partial charge in [0.1, 0.15) is 0 Å². The van der Waals surface area contributed by atoms with Gasteiger partial charge >= 0.3 is 0 Å². The molecule has 0 aliphatic rings. The van der Waals surface area contributed by atoms with Crippen LogP contribution >= 0.6 is 0 Å². The van der Waals surface area contributed by atoms with Crippen molar-refractivity contribution in [3.63, 3.8) is 0 Å². The van der Waals surface area contributed by atoms with E-state index in [1.165, 1.54) is 0 Å². The number of hydrogen-bond acceptors (Lipinski definition) is 4. The number of aromatic nitrogens is 2. The van der Waals surface area contributed by atoms with Crippen LogP contribution < -0.4 is 10.1 Å². The van der Waals surface area contributed by atoms with Gasteiger partial charge in [0.2, 0.25) is 0 Å². The summed E-state index contributed by atoms with van der Waals surface area (Å²) in [5.41, 5.74) is 1.15. The standard InChI is InChI=1S/C15H29N3O2/c1-6-8-18-15(14(20-5)10-17-18)13(16-7-2)9-12(3)11-19-4/h10,12-13,16H,6-9,11H2,1-5H3. The Hall–Kier alpha value is -1.07. The molecule has 0 aromatic carbocycles. The van der Waals surface area contributed by atoms with Crippen LogP contribution in [-0.4, -0.2) is 37.2 Å². The summed E-state index contributed by atoms with van der Waals surface area (Å²) in [4.78, 5) is 0. The molecule has 0 saturated heterocycles. The van der Waals surface area contributed by atoms with E-state index >= 15 is 0 Å². The number of hydrogen-bond donors (Lipinski definition) is 1. The molecule has 1 heterocycles. The Morgan fingerprint density at radius 1 is 1.35 bits per heavy atom. The fraction of sp³-hybridized carbons (Fsp3) is 0.800. The minimum absolute atomic E-state index is 0.245. The molecule has 116 valence electrons. The number of rotatable bonds is 10. The van der Waals surface area contributed by atoms with Crippen LogP contribution in [0, 0.1) is 5.92 Å². The van der Waals surface area contributed by atoms with Gasteiger partial charge in [0, 0.05) is 20.3 Å². The molecule has 0 fully saturated rings. The van der Waals surface area contributed by atoms with E-state index in [4.69, 9.17) is 9.47 Å². The summed E-state index contributed by atoms with van der Waals surface area (Å²) in [5, 5.41) is 8.01. The second-order valence-electron chi connectivity index (χ2n) is 5.23. The largest absolute Gasteiger partial charge is 0.493 e. The molecular formula is C15H29N3O2. The van der Waals surface area contributed by atoms with Crippen molar-refractivity contribution in [1.29, 1.82) is 0 Å². The number of aryl methyl sites for hydroxylation is 1. The number of methoxy groups -OCH3 is 2. The van der Waals surface area contributed by atoms with Crippen LogP contribution in [-0.2, 0) is 11.3 Å². The normalized spacial score (nSPS) is 14.2. The number of ether oxygens (including phenoxy) is 2. The maximum absolute atomic E-state index is 5.49. The highest BCUT2D eigenvalue weighted by Crippen LogP contribution is 2.29. The summed E-state index contributed by atoms with van der Waals surface area (Å²) in [6.07, 6.45) is 3.88. The van der Waals surface area contributed by atoms with Crippen LogP contribution in [0.15, 0.2) is 6.20 Å².